The minimum atomic E-state index is -0.754. The summed E-state index contributed by atoms with van der Waals surface area (Å²) in [6.45, 7) is 4.83. The van der Waals surface area contributed by atoms with Crippen LogP contribution >= 0.6 is 22.7 Å². The molecule has 0 unspecified atom stereocenters. The van der Waals surface area contributed by atoms with E-state index in [1.165, 1.54) is 11.3 Å². The Hall–Kier alpha value is -1.80. The fraction of sp³-hybridized carbons (Fsp3) is 0.556. The summed E-state index contributed by atoms with van der Waals surface area (Å²) in [7, 11) is 0. The van der Waals surface area contributed by atoms with E-state index in [1.807, 2.05) is 5.38 Å². The van der Waals surface area contributed by atoms with Gasteiger partial charge in [-0.2, -0.15) is 0 Å². The maximum Gasteiger partial charge on any atom is 0.303 e. The number of amides is 1. The van der Waals surface area contributed by atoms with Crippen LogP contribution in [0.15, 0.2) is 11.6 Å². The minimum Gasteiger partial charge on any atom is -0.481 e. The second kappa shape index (κ2) is 10.4. The van der Waals surface area contributed by atoms with Crippen molar-refractivity contribution < 1.29 is 14.7 Å². The van der Waals surface area contributed by atoms with E-state index >= 15 is 0 Å². The van der Waals surface area contributed by atoms with Crippen molar-refractivity contribution in [3.05, 3.63) is 22.1 Å². The van der Waals surface area contributed by atoms with Crippen LogP contribution in [0.4, 0.5) is 0 Å². The van der Waals surface area contributed by atoms with Gasteiger partial charge in [-0.05, 0) is 25.2 Å². The van der Waals surface area contributed by atoms with Gasteiger partial charge in [0.25, 0.3) is 5.91 Å². The summed E-state index contributed by atoms with van der Waals surface area (Å²) in [5.74, 6) is -0.443. The Morgan fingerprint density at radius 3 is 2.62 bits per heavy atom. The molecule has 0 aliphatic heterocycles. The van der Waals surface area contributed by atoms with Crippen molar-refractivity contribution in [3.63, 3.8) is 0 Å². The monoisotopic (exact) mass is 395 g/mol. The van der Waals surface area contributed by atoms with Crippen molar-refractivity contribution >= 4 is 34.6 Å². The first-order valence-corrected chi connectivity index (χ1v) is 10.6. The first kappa shape index (κ1) is 20.5. The van der Waals surface area contributed by atoms with Crippen LogP contribution in [0.25, 0.3) is 10.0 Å². The largest absolute Gasteiger partial charge is 0.481 e. The van der Waals surface area contributed by atoms with E-state index in [-0.39, 0.29) is 12.3 Å². The lowest BCUT2D eigenvalue weighted by Gasteiger charge is -2.06. The van der Waals surface area contributed by atoms with Crippen molar-refractivity contribution in [2.24, 2.45) is 5.92 Å². The Balaban J connectivity index is 1.89. The molecule has 0 bridgehead atoms. The van der Waals surface area contributed by atoms with Gasteiger partial charge in [0.15, 0.2) is 10.0 Å². The third-order valence-corrected chi connectivity index (χ3v) is 5.72. The molecular weight excluding hydrogens is 370 g/mol. The Kier molecular flexibility index (Phi) is 8.18. The van der Waals surface area contributed by atoms with Gasteiger partial charge in [-0.1, -0.05) is 26.7 Å². The molecule has 0 saturated heterocycles. The second-order valence-corrected chi connectivity index (χ2v) is 8.52. The van der Waals surface area contributed by atoms with Crippen LogP contribution in [-0.4, -0.2) is 33.5 Å². The van der Waals surface area contributed by atoms with Crippen LogP contribution in [0.3, 0.4) is 0 Å². The van der Waals surface area contributed by atoms with Gasteiger partial charge in [-0.25, -0.2) is 9.97 Å². The molecule has 2 aromatic rings. The molecule has 0 saturated carbocycles. The van der Waals surface area contributed by atoms with E-state index in [1.54, 1.807) is 17.5 Å². The van der Waals surface area contributed by atoms with Gasteiger partial charge < -0.3 is 10.4 Å². The molecule has 2 aromatic heterocycles. The number of nitrogens with zero attached hydrogens (tertiary/aromatic N) is 2. The van der Waals surface area contributed by atoms with Gasteiger partial charge in [-0.15, -0.1) is 22.7 Å². The molecule has 0 aliphatic carbocycles. The molecule has 6 nitrogen and oxygen atoms in total. The molecule has 2 rings (SSSR count). The Labute approximate surface area is 161 Å². The first-order chi connectivity index (χ1) is 12.5. The highest BCUT2D eigenvalue weighted by atomic mass is 32.1. The van der Waals surface area contributed by atoms with Crippen LogP contribution in [-0.2, 0) is 11.2 Å². The number of rotatable bonds is 11. The third kappa shape index (κ3) is 6.49. The lowest BCUT2D eigenvalue weighted by molar-refractivity contribution is -0.137. The smallest absolute Gasteiger partial charge is 0.303 e. The number of unbranched alkanes of at least 4 members (excludes halogenated alkanes) is 3. The minimum absolute atomic E-state index is 0.134. The fourth-order valence-electron chi connectivity index (χ4n) is 2.50. The van der Waals surface area contributed by atoms with Gasteiger partial charge in [0.05, 0.1) is 0 Å². The number of carboxylic acid groups (broad SMARTS) is 1. The van der Waals surface area contributed by atoms with Crippen molar-refractivity contribution in [2.45, 2.75) is 52.4 Å². The highest BCUT2D eigenvalue weighted by Crippen LogP contribution is 2.31. The fourth-order valence-corrected chi connectivity index (χ4v) is 4.45. The first-order valence-electron chi connectivity index (χ1n) is 8.87. The number of hydrogen-bond donors (Lipinski definition) is 2. The van der Waals surface area contributed by atoms with Crippen LogP contribution in [0.5, 0.6) is 0 Å². The Morgan fingerprint density at radius 2 is 1.96 bits per heavy atom. The van der Waals surface area contributed by atoms with Gasteiger partial charge in [0.1, 0.15) is 5.69 Å². The summed E-state index contributed by atoms with van der Waals surface area (Å²) in [6.07, 6.45) is 6.08. The van der Waals surface area contributed by atoms with Gasteiger partial charge in [-0.3, -0.25) is 9.59 Å². The molecule has 142 valence electrons. The summed E-state index contributed by atoms with van der Waals surface area (Å²) >= 11 is 3.07. The van der Waals surface area contributed by atoms with Crippen LogP contribution in [0, 0.1) is 5.92 Å². The molecule has 2 heterocycles. The zero-order valence-corrected chi connectivity index (χ0v) is 16.8. The van der Waals surface area contributed by atoms with E-state index < -0.39 is 5.97 Å². The maximum atomic E-state index is 12.5. The highest BCUT2D eigenvalue weighted by Gasteiger charge is 2.20. The van der Waals surface area contributed by atoms with Crippen molar-refractivity contribution in [1.82, 2.24) is 15.3 Å². The molecule has 1 amide bonds. The van der Waals surface area contributed by atoms with E-state index in [0.29, 0.717) is 24.6 Å². The molecule has 0 fully saturated rings. The molecule has 0 atom stereocenters. The zero-order chi connectivity index (χ0) is 18.9. The van der Waals surface area contributed by atoms with Crippen molar-refractivity contribution in [2.75, 3.05) is 6.54 Å². The van der Waals surface area contributed by atoms with E-state index in [4.69, 9.17) is 5.11 Å². The average Bonchev–Trinajstić information content (AvgIpc) is 3.22. The van der Waals surface area contributed by atoms with Gasteiger partial charge >= 0.3 is 5.97 Å². The summed E-state index contributed by atoms with van der Waals surface area (Å²) in [5.41, 5.74) is 0.514. The number of nitrogens with one attached hydrogen (secondary N) is 1. The summed E-state index contributed by atoms with van der Waals surface area (Å²) in [4.78, 5) is 32.8. The number of aliphatic carboxylic acids is 1. The zero-order valence-electron chi connectivity index (χ0n) is 15.2. The van der Waals surface area contributed by atoms with E-state index in [9.17, 15) is 9.59 Å². The number of carbonyl (C=O) groups is 2. The van der Waals surface area contributed by atoms with Crippen molar-refractivity contribution in [3.8, 4) is 10.0 Å². The SMILES string of the molecule is CC(C)Cc1sc(-c2nccs2)nc1C(=O)NCCCCCCC(=O)O. The van der Waals surface area contributed by atoms with E-state index in [2.05, 4.69) is 29.1 Å². The summed E-state index contributed by atoms with van der Waals surface area (Å²) in [5, 5.41) is 15.1. The number of hydrogen-bond acceptors (Lipinski definition) is 6. The summed E-state index contributed by atoms with van der Waals surface area (Å²) < 4.78 is 0. The molecule has 26 heavy (non-hydrogen) atoms. The maximum absolute atomic E-state index is 12.5. The number of carboxylic acids is 1. The highest BCUT2D eigenvalue weighted by molar-refractivity contribution is 7.20. The molecule has 0 aromatic carbocycles. The Bertz CT molecular complexity index is 711. The number of aromatic nitrogens is 2. The van der Waals surface area contributed by atoms with Crippen LogP contribution < -0.4 is 5.32 Å². The molecule has 8 heteroatoms. The standard InChI is InChI=1S/C18H25N3O3S2/c1-12(2)11-13-15(21-18(26-13)17-20-9-10-25-17)16(24)19-8-6-4-3-5-7-14(22)23/h9-10,12H,3-8,11H2,1-2H3,(H,19,24)(H,22,23). The summed E-state index contributed by atoms with van der Waals surface area (Å²) in [6, 6.07) is 0. The Morgan fingerprint density at radius 1 is 1.19 bits per heavy atom. The lowest BCUT2D eigenvalue weighted by atomic mass is 10.1. The van der Waals surface area contributed by atoms with Crippen molar-refractivity contribution in [1.29, 1.82) is 0 Å². The molecule has 2 N–H and O–H groups in total. The topological polar surface area (TPSA) is 92.2 Å². The number of thiazole rings is 2. The van der Waals surface area contributed by atoms with Gasteiger partial charge in [0.2, 0.25) is 0 Å². The predicted octanol–water partition coefficient (Wildman–Crippen LogP) is 4.23. The lowest BCUT2D eigenvalue weighted by Crippen LogP contribution is -2.25. The number of carbonyl (C=O) groups excluding carboxylic acids is 1. The second-order valence-electron chi connectivity index (χ2n) is 6.54. The van der Waals surface area contributed by atoms with Crippen LogP contribution in [0.1, 0.15) is 61.3 Å². The predicted molar refractivity (Wildman–Crippen MR) is 105 cm³/mol. The molecular formula is C18H25N3O3S2. The normalized spacial score (nSPS) is 11.0. The van der Waals surface area contributed by atoms with Crippen LogP contribution in [0.2, 0.25) is 0 Å². The van der Waals surface area contributed by atoms with E-state index in [0.717, 1.165) is 40.6 Å². The van der Waals surface area contributed by atoms with Gasteiger partial charge in [0, 0.05) is 29.4 Å². The third-order valence-electron chi connectivity index (χ3n) is 3.72. The molecule has 0 radical (unpaired) electrons. The molecule has 0 spiro atoms. The quantitative estimate of drug-likeness (QED) is 0.556. The average molecular weight is 396 g/mol. The molecule has 0 aliphatic rings.